The van der Waals surface area contributed by atoms with Gasteiger partial charge in [0.25, 0.3) is 0 Å². The van der Waals surface area contributed by atoms with Crippen LogP contribution in [0, 0.1) is 0 Å². The number of anilines is 1. The number of rotatable bonds is 6. The van der Waals surface area contributed by atoms with Crippen LogP contribution in [0.3, 0.4) is 0 Å². The molecule has 0 atom stereocenters. The molecule has 2 aromatic carbocycles. The van der Waals surface area contributed by atoms with Crippen molar-refractivity contribution in [2.24, 2.45) is 16.8 Å². The van der Waals surface area contributed by atoms with E-state index in [1.807, 2.05) is 30.3 Å². The standard InChI is InChI=1S/C22H25F6N5O/c23-21(24,25)17-10-15(11-18(12-17)33(30)19(32-29)22(26,27)28)13-34-14-20(6-8-31-9-7-20)16-4-2-1-3-5-16/h1-5,10-12,31H,6-9,13-14,29-30H2/b32-19-. The molecule has 186 valence electrons. The second kappa shape index (κ2) is 10.2. The van der Waals surface area contributed by atoms with Crippen LogP contribution in [-0.2, 0) is 22.9 Å². The van der Waals surface area contributed by atoms with E-state index in [1.54, 1.807) is 0 Å². The van der Waals surface area contributed by atoms with Crippen LogP contribution >= 0.6 is 0 Å². The van der Waals surface area contributed by atoms with Crippen molar-refractivity contribution in [2.45, 2.75) is 37.2 Å². The second-order valence-corrected chi connectivity index (χ2v) is 8.10. The number of hydrogen-bond acceptors (Lipinski definition) is 5. The largest absolute Gasteiger partial charge is 0.452 e. The van der Waals surface area contributed by atoms with Crippen molar-refractivity contribution in [3.8, 4) is 0 Å². The van der Waals surface area contributed by atoms with Crippen molar-refractivity contribution >= 4 is 11.5 Å². The first-order valence-corrected chi connectivity index (χ1v) is 10.4. The summed E-state index contributed by atoms with van der Waals surface area (Å²) in [5.41, 5.74) is -1.00. The number of piperidine rings is 1. The summed E-state index contributed by atoms with van der Waals surface area (Å²) >= 11 is 0. The summed E-state index contributed by atoms with van der Waals surface area (Å²) in [5, 5.41) is 5.86. The van der Waals surface area contributed by atoms with Gasteiger partial charge >= 0.3 is 12.4 Å². The first kappa shape index (κ1) is 25.8. The zero-order chi connectivity index (χ0) is 25.0. The SMILES string of the molecule is N/N=C(\N(N)c1cc(COCC2(c3ccccc3)CCNCC2)cc(C(F)(F)F)c1)C(F)(F)F. The summed E-state index contributed by atoms with van der Waals surface area (Å²) < 4.78 is 85.5. The van der Waals surface area contributed by atoms with Gasteiger partial charge in [-0.1, -0.05) is 30.3 Å². The molecule has 34 heavy (non-hydrogen) atoms. The number of ether oxygens (including phenoxy) is 1. The number of benzene rings is 2. The molecule has 0 amide bonds. The Kier molecular flexibility index (Phi) is 7.74. The Morgan fingerprint density at radius 1 is 1.03 bits per heavy atom. The lowest BCUT2D eigenvalue weighted by Crippen LogP contribution is -2.47. The summed E-state index contributed by atoms with van der Waals surface area (Å²) in [4.78, 5) is 0. The summed E-state index contributed by atoms with van der Waals surface area (Å²) in [5.74, 6) is 8.49. The maximum atomic E-state index is 13.4. The molecule has 2 aromatic rings. The van der Waals surface area contributed by atoms with Gasteiger partial charge in [0, 0.05) is 5.41 Å². The quantitative estimate of drug-likeness (QED) is 0.187. The smallest absolute Gasteiger partial charge is 0.376 e. The van der Waals surface area contributed by atoms with Gasteiger partial charge in [-0.05, 0) is 55.3 Å². The fraction of sp³-hybridized carbons (Fsp3) is 0.409. The van der Waals surface area contributed by atoms with Crippen LogP contribution in [0.5, 0.6) is 0 Å². The molecule has 1 saturated heterocycles. The maximum absolute atomic E-state index is 13.4. The van der Waals surface area contributed by atoms with Crippen LogP contribution in [0.15, 0.2) is 53.6 Å². The van der Waals surface area contributed by atoms with Gasteiger partial charge in [-0.3, -0.25) is 5.01 Å². The summed E-state index contributed by atoms with van der Waals surface area (Å²) in [6.45, 7) is 1.49. The van der Waals surface area contributed by atoms with Gasteiger partial charge in [0.05, 0.1) is 24.5 Å². The van der Waals surface area contributed by atoms with E-state index < -0.39 is 29.4 Å². The molecule has 0 spiro atoms. The lowest BCUT2D eigenvalue weighted by atomic mass is 9.74. The lowest BCUT2D eigenvalue weighted by Gasteiger charge is -2.38. The van der Waals surface area contributed by atoms with Crippen molar-refractivity contribution in [3.05, 3.63) is 65.2 Å². The number of halogens is 6. The minimum Gasteiger partial charge on any atom is -0.376 e. The number of nitrogens with one attached hydrogen (secondary N) is 1. The molecule has 12 heteroatoms. The molecule has 0 radical (unpaired) electrons. The second-order valence-electron chi connectivity index (χ2n) is 8.10. The molecule has 1 heterocycles. The minimum absolute atomic E-state index is 0.0102. The van der Waals surface area contributed by atoms with Crippen molar-refractivity contribution in [1.82, 2.24) is 5.32 Å². The van der Waals surface area contributed by atoms with Crippen molar-refractivity contribution < 1.29 is 31.1 Å². The highest BCUT2D eigenvalue weighted by molar-refractivity contribution is 6.00. The summed E-state index contributed by atoms with van der Waals surface area (Å²) in [6.07, 6.45) is -8.34. The molecule has 1 fully saturated rings. The average Bonchev–Trinajstić information content (AvgIpc) is 2.79. The molecule has 1 aliphatic rings. The third kappa shape index (κ3) is 5.99. The molecule has 5 N–H and O–H groups in total. The van der Waals surface area contributed by atoms with E-state index in [4.69, 9.17) is 16.4 Å². The Bertz CT molecular complexity index is 988. The molecule has 0 saturated carbocycles. The molecular weight excluding hydrogens is 464 g/mol. The monoisotopic (exact) mass is 489 g/mol. The van der Waals surface area contributed by atoms with Crippen LogP contribution in [0.4, 0.5) is 32.0 Å². The number of nitrogens with zero attached hydrogens (tertiary/aromatic N) is 2. The Morgan fingerprint density at radius 3 is 2.24 bits per heavy atom. The van der Waals surface area contributed by atoms with Crippen LogP contribution in [0.25, 0.3) is 0 Å². The summed E-state index contributed by atoms with van der Waals surface area (Å²) in [7, 11) is 0. The number of amidine groups is 1. The van der Waals surface area contributed by atoms with Gasteiger partial charge < -0.3 is 15.9 Å². The number of nitrogens with two attached hydrogens (primary N) is 2. The van der Waals surface area contributed by atoms with Gasteiger partial charge in [-0.15, -0.1) is 0 Å². The average molecular weight is 489 g/mol. The zero-order valence-electron chi connectivity index (χ0n) is 18.1. The van der Waals surface area contributed by atoms with E-state index in [0.29, 0.717) is 6.07 Å². The number of alkyl halides is 6. The number of hydrazine groups is 1. The molecular formula is C22H25F6N5O. The Balaban J connectivity index is 1.85. The highest BCUT2D eigenvalue weighted by Gasteiger charge is 2.41. The van der Waals surface area contributed by atoms with E-state index in [0.717, 1.165) is 43.6 Å². The fourth-order valence-electron chi connectivity index (χ4n) is 4.03. The molecule has 6 nitrogen and oxygen atoms in total. The normalized spacial score (nSPS) is 17.0. The highest BCUT2D eigenvalue weighted by Crippen LogP contribution is 2.36. The van der Waals surface area contributed by atoms with E-state index in [9.17, 15) is 26.3 Å². The molecule has 1 aliphatic heterocycles. The Morgan fingerprint density at radius 2 is 1.68 bits per heavy atom. The van der Waals surface area contributed by atoms with Crippen LogP contribution in [0.2, 0.25) is 0 Å². The van der Waals surface area contributed by atoms with Crippen molar-refractivity contribution in [1.29, 1.82) is 0 Å². The number of hydrogen-bond donors (Lipinski definition) is 3. The topological polar surface area (TPSA) is 88.9 Å². The fourth-order valence-corrected chi connectivity index (χ4v) is 4.03. The third-order valence-corrected chi connectivity index (χ3v) is 5.78. The van der Waals surface area contributed by atoms with E-state index in [2.05, 4.69) is 10.4 Å². The van der Waals surface area contributed by atoms with Crippen molar-refractivity contribution in [3.63, 3.8) is 0 Å². The highest BCUT2D eigenvalue weighted by atomic mass is 19.4. The van der Waals surface area contributed by atoms with Gasteiger partial charge in [0.1, 0.15) is 0 Å². The van der Waals surface area contributed by atoms with Gasteiger partial charge in [-0.25, -0.2) is 5.84 Å². The van der Waals surface area contributed by atoms with Gasteiger partial charge in [-0.2, -0.15) is 31.4 Å². The molecule has 0 aromatic heterocycles. The van der Waals surface area contributed by atoms with E-state index in [1.165, 1.54) is 0 Å². The van der Waals surface area contributed by atoms with E-state index >= 15 is 0 Å². The predicted molar refractivity (Wildman–Crippen MR) is 116 cm³/mol. The Labute approximate surface area is 192 Å². The minimum atomic E-state index is -5.06. The van der Waals surface area contributed by atoms with Crippen LogP contribution in [0.1, 0.15) is 29.5 Å². The van der Waals surface area contributed by atoms with Crippen molar-refractivity contribution in [2.75, 3.05) is 24.7 Å². The first-order chi connectivity index (χ1) is 16.0. The molecule has 0 bridgehead atoms. The van der Waals surface area contributed by atoms with Crippen LogP contribution < -0.4 is 22.0 Å². The Hall–Kier alpha value is -2.83. The van der Waals surface area contributed by atoms with Crippen LogP contribution in [-0.4, -0.2) is 31.7 Å². The lowest BCUT2D eigenvalue weighted by molar-refractivity contribution is -0.137. The predicted octanol–water partition coefficient (Wildman–Crippen LogP) is 4.06. The van der Waals surface area contributed by atoms with Gasteiger partial charge in [0.2, 0.25) is 5.84 Å². The number of hydrazone groups is 1. The molecule has 3 rings (SSSR count). The van der Waals surface area contributed by atoms with Gasteiger partial charge in [0.15, 0.2) is 0 Å². The molecule has 0 aliphatic carbocycles. The summed E-state index contributed by atoms with van der Waals surface area (Å²) in [6, 6.07) is 12.1. The maximum Gasteiger partial charge on any atom is 0.452 e. The third-order valence-electron chi connectivity index (χ3n) is 5.78. The van der Waals surface area contributed by atoms with E-state index in [-0.39, 0.29) is 29.2 Å². The zero-order valence-corrected chi connectivity index (χ0v) is 18.1. The first-order valence-electron chi connectivity index (χ1n) is 10.4. The molecule has 0 unspecified atom stereocenters.